The second-order valence-corrected chi connectivity index (χ2v) is 7.43. The van der Waals surface area contributed by atoms with Crippen molar-refractivity contribution in [2.45, 2.75) is 32.9 Å². The minimum Gasteiger partial charge on any atom is -0.497 e. The predicted octanol–water partition coefficient (Wildman–Crippen LogP) is 3.08. The fourth-order valence-electron chi connectivity index (χ4n) is 2.85. The molecule has 0 saturated heterocycles. The highest BCUT2D eigenvalue weighted by atomic mass is 16.5. The Morgan fingerprint density at radius 2 is 1.68 bits per heavy atom. The van der Waals surface area contributed by atoms with E-state index < -0.39 is 5.54 Å². The number of amides is 1. The van der Waals surface area contributed by atoms with Crippen LogP contribution in [0.1, 0.15) is 26.3 Å². The van der Waals surface area contributed by atoms with Gasteiger partial charge in [-0.2, -0.15) is 0 Å². The third-order valence-corrected chi connectivity index (χ3v) is 5.06. The fourth-order valence-corrected chi connectivity index (χ4v) is 2.85. The van der Waals surface area contributed by atoms with E-state index in [-0.39, 0.29) is 18.4 Å². The summed E-state index contributed by atoms with van der Waals surface area (Å²) in [6.45, 7) is 6.23. The Bertz CT molecular complexity index is 848. The third-order valence-electron chi connectivity index (χ3n) is 5.06. The van der Waals surface area contributed by atoms with Gasteiger partial charge in [0.2, 0.25) is 5.91 Å². The van der Waals surface area contributed by atoms with E-state index in [1.54, 1.807) is 51.8 Å². The molecule has 0 atom stereocenters. The van der Waals surface area contributed by atoms with Crippen LogP contribution in [0.15, 0.2) is 36.4 Å². The van der Waals surface area contributed by atoms with Crippen LogP contribution in [0.5, 0.6) is 5.75 Å². The number of methoxy groups -OCH3 is 1. The average Bonchev–Trinajstić information content (AvgIpc) is 2.67. The molecule has 1 amide bonds. The lowest BCUT2D eigenvalue weighted by Gasteiger charge is -2.33. The molecule has 0 radical (unpaired) electrons. The maximum absolute atomic E-state index is 12.6. The van der Waals surface area contributed by atoms with Gasteiger partial charge in [0.25, 0.3) is 0 Å². The van der Waals surface area contributed by atoms with Gasteiger partial charge >= 0.3 is 5.97 Å². The van der Waals surface area contributed by atoms with Crippen molar-refractivity contribution in [3.05, 3.63) is 42.0 Å². The molecule has 0 spiro atoms. The van der Waals surface area contributed by atoms with E-state index in [9.17, 15) is 9.59 Å². The van der Waals surface area contributed by atoms with Crippen LogP contribution in [-0.4, -0.2) is 61.6 Å². The minimum atomic E-state index is -0.867. The molecule has 6 nitrogen and oxygen atoms in total. The summed E-state index contributed by atoms with van der Waals surface area (Å²) >= 11 is 0. The first-order valence-electron chi connectivity index (χ1n) is 9.38. The lowest BCUT2D eigenvalue weighted by Crippen LogP contribution is -2.52. The molecule has 2 aromatic carbocycles. The highest BCUT2D eigenvalue weighted by Gasteiger charge is 2.35. The largest absolute Gasteiger partial charge is 0.497 e. The topological polar surface area (TPSA) is 59.1 Å². The zero-order chi connectivity index (χ0) is 20.9. The van der Waals surface area contributed by atoms with Gasteiger partial charge in [0, 0.05) is 13.6 Å². The molecular weight excluding hydrogens is 356 g/mol. The van der Waals surface area contributed by atoms with Crippen molar-refractivity contribution in [2.75, 3.05) is 34.4 Å². The van der Waals surface area contributed by atoms with E-state index in [4.69, 9.17) is 9.47 Å². The second kappa shape index (κ2) is 9.06. The molecule has 0 saturated carbocycles. The molecule has 0 aromatic heterocycles. The Labute approximate surface area is 167 Å². The first-order valence-corrected chi connectivity index (χ1v) is 9.38. The number of rotatable bonds is 8. The van der Waals surface area contributed by atoms with Gasteiger partial charge in [-0.1, -0.05) is 18.2 Å². The van der Waals surface area contributed by atoms with Gasteiger partial charge in [-0.15, -0.1) is 0 Å². The molecule has 2 aromatic rings. The molecule has 0 aliphatic carbocycles. The van der Waals surface area contributed by atoms with Crippen LogP contribution in [0.2, 0.25) is 0 Å². The second-order valence-electron chi connectivity index (χ2n) is 7.43. The molecular formula is C22H30N2O4. The molecule has 0 bridgehead atoms. The summed E-state index contributed by atoms with van der Waals surface area (Å²) < 4.78 is 10.4. The SMILES string of the molecule is CCOC(=O)C(C)(C)N(C)CC(=O)N(C)Cc1ccc2cc(OC)ccc2c1. The van der Waals surface area contributed by atoms with E-state index in [1.165, 1.54) is 0 Å². The van der Waals surface area contributed by atoms with Crippen molar-refractivity contribution in [3.8, 4) is 5.75 Å². The smallest absolute Gasteiger partial charge is 0.325 e. The third kappa shape index (κ3) is 5.01. The molecule has 0 N–H and O–H groups in total. The van der Waals surface area contributed by atoms with Gasteiger partial charge in [-0.05, 0) is 62.4 Å². The summed E-state index contributed by atoms with van der Waals surface area (Å²) in [6, 6.07) is 12.0. The number of fused-ring (bicyclic) bond motifs is 1. The maximum Gasteiger partial charge on any atom is 0.325 e. The molecule has 0 fully saturated rings. The number of benzene rings is 2. The van der Waals surface area contributed by atoms with Crippen molar-refractivity contribution < 1.29 is 19.1 Å². The van der Waals surface area contributed by atoms with Crippen LogP contribution in [0.25, 0.3) is 10.8 Å². The van der Waals surface area contributed by atoms with Gasteiger partial charge < -0.3 is 14.4 Å². The van der Waals surface area contributed by atoms with E-state index >= 15 is 0 Å². The van der Waals surface area contributed by atoms with Crippen LogP contribution in [0.3, 0.4) is 0 Å². The summed E-state index contributed by atoms with van der Waals surface area (Å²) in [5.74, 6) is 0.424. The number of carbonyl (C=O) groups excluding carboxylic acids is 2. The summed E-state index contributed by atoms with van der Waals surface area (Å²) in [4.78, 5) is 28.2. The maximum atomic E-state index is 12.6. The highest BCUT2D eigenvalue weighted by molar-refractivity contribution is 5.85. The average molecular weight is 386 g/mol. The van der Waals surface area contributed by atoms with Crippen molar-refractivity contribution in [1.82, 2.24) is 9.80 Å². The van der Waals surface area contributed by atoms with Crippen molar-refractivity contribution in [2.24, 2.45) is 0 Å². The summed E-state index contributed by atoms with van der Waals surface area (Å²) in [5, 5.41) is 2.19. The lowest BCUT2D eigenvalue weighted by molar-refractivity contribution is -0.156. The number of hydrogen-bond donors (Lipinski definition) is 0. The molecule has 0 heterocycles. The van der Waals surface area contributed by atoms with Crippen LogP contribution in [0.4, 0.5) is 0 Å². The van der Waals surface area contributed by atoms with Crippen LogP contribution in [-0.2, 0) is 20.9 Å². The van der Waals surface area contributed by atoms with E-state index in [1.807, 2.05) is 30.3 Å². The van der Waals surface area contributed by atoms with Crippen LogP contribution >= 0.6 is 0 Å². The first kappa shape index (κ1) is 21.7. The molecule has 0 aliphatic rings. The molecule has 28 heavy (non-hydrogen) atoms. The predicted molar refractivity (Wildman–Crippen MR) is 110 cm³/mol. The summed E-state index contributed by atoms with van der Waals surface area (Å²) in [5.41, 5.74) is 0.176. The van der Waals surface area contributed by atoms with Gasteiger partial charge in [0.15, 0.2) is 0 Å². The zero-order valence-electron chi connectivity index (χ0n) is 17.6. The number of ether oxygens (including phenoxy) is 2. The number of esters is 1. The Morgan fingerprint density at radius 3 is 2.32 bits per heavy atom. The highest BCUT2D eigenvalue weighted by Crippen LogP contribution is 2.22. The molecule has 152 valence electrons. The van der Waals surface area contributed by atoms with E-state index in [2.05, 4.69) is 6.07 Å². The van der Waals surface area contributed by atoms with Gasteiger partial charge in [0.05, 0.1) is 20.3 Å². The number of hydrogen-bond acceptors (Lipinski definition) is 5. The normalized spacial score (nSPS) is 11.5. The molecule has 2 rings (SSSR count). The van der Waals surface area contributed by atoms with E-state index in [0.29, 0.717) is 13.2 Å². The summed E-state index contributed by atoms with van der Waals surface area (Å²) in [7, 11) is 5.17. The Morgan fingerprint density at radius 1 is 1.04 bits per heavy atom. The minimum absolute atomic E-state index is 0.0605. The Kier molecular flexibility index (Phi) is 7.02. The lowest BCUT2D eigenvalue weighted by atomic mass is 10.0. The summed E-state index contributed by atoms with van der Waals surface area (Å²) in [6.07, 6.45) is 0. The van der Waals surface area contributed by atoms with E-state index in [0.717, 1.165) is 22.1 Å². The Balaban J connectivity index is 2.03. The number of carbonyl (C=O) groups is 2. The monoisotopic (exact) mass is 386 g/mol. The van der Waals surface area contributed by atoms with Crippen LogP contribution < -0.4 is 4.74 Å². The zero-order valence-corrected chi connectivity index (χ0v) is 17.6. The number of likely N-dealkylation sites (N-methyl/N-ethyl adjacent to an activating group) is 2. The van der Waals surface area contributed by atoms with Crippen molar-refractivity contribution in [1.29, 1.82) is 0 Å². The van der Waals surface area contributed by atoms with Gasteiger partial charge in [-0.25, -0.2) is 0 Å². The standard InChI is InChI=1S/C22H30N2O4/c1-7-28-21(26)22(2,3)24(5)15-20(25)23(4)14-16-8-9-18-13-19(27-6)11-10-17(18)12-16/h8-13H,7,14-15H2,1-6H3. The number of nitrogens with zero attached hydrogens (tertiary/aromatic N) is 2. The van der Waals surface area contributed by atoms with Gasteiger partial charge in [-0.3, -0.25) is 14.5 Å². The van der Waals surface area contributed by atoms with Crippen LogP contribution in [0, 0.1) is 0 Å². The van der Waals surface area contributed by atoms with Crippen molar-refractivity contribution >= 4 is 22.6 Å². The molecule has 0 aliphatic heterocycles. The fraction of sp³-hybridized carbons (Fsp3) is 0.455. The quantitative estimate of drug-likeness (QED) is 0.653. The first-order chi connectivity index (χ1) is 13.2. The Hall–Kier alpha value is -2.60. The molecule has 6 heteroatoms. The molecule has 0 unspecified atom stereocenters. The van der Waals surface area contributed by atoms with Gasteiger partial charge in [0.1, 0.15) is 11.3 Å². The van der Waals surface area contributed by atoms with Crippen molar-refractivity contribution in [3.63, 3.8) is 0 Å².